The average Bonchev–Trinajstić information content (AvgIpc) is 2.50. The van der Waals surface area contributed by atoms with E-state index in [0.717, 1.165) is 6.07 Å². The molecule has 1 amide bonds. The number of aryl methyl sites for hydroxylation is 1. The minimum Gasteiger partial charge on any atom is -0.481 e. The van der Waals surface area contributed by atoms with Crippen LogP contribution in [0.3, 0.4) is 0 Å². The minimum absolute atomic E-state index is 0.101. The maximum Gasteiger partial charge on any atom is 0.322 e. The van der Waals surface area contributed by atoms with Crippen LogP contribution < -0.4 is 15.6 Å². The summed E-state index contributed by atoms with van der Waals surface area (Å²) in [6, 6.07) is 2.18. The van der Waals surface area contributed by atoms with Crippen LogP contribution in [0.5, 0.6) is 5.75 Å². The Kier molecular flexibility index (Phi) is 3.96. The van der Waals surface area contributed by atoms with Gasteiger partial charge in [0.15, 0.2) is 6.61 Å². The van der Waals surface area contributed by atoms with E-state index < -0.39 is 28.9 Å². The van der Waals surface area contributed by atoms with E-state index in [1.165, 1.54) is 13.0 Å². The van der Waals surface area contributed by atoms with Crippen LogP contribution in [0.25, 0.3) is 11.3 Å². The molecule has 2 aromatic rings. The molecule has 0 atom stereocenters. The first-order valence-electron chi connectivity index (χ1n) is 6.63. The molecule has 2 heterocycles. The molecule has 0 unspecified atom stereocenters. The van der Waals surface area contributed by atoms with E-state index in [1.54, 1.807) is 0 Å². The molecule has 0 fully saturated rings. The Labute approximate surface area is 137 Å². The number of amides is 1. The third-order valence-electron chi connectivity index (χ3n) is 3.39. The first kappa shape index (κ1) is 16.3. The molecular weight excluding hydrogens is 351 g/mol. The van der Waals surface area contributed by atoms with Gasteiger partial charge in [-0.25, -0.2) is 13.9 Å². The molecule has 10 heteroatoms. The van der Waals surface area contributed by atoms with E-state index in [2.05, 4.69) is 10.3 Å². The van der Waals surface area contributed by atoms with Gasteiger partial charge in [-0.1, -0.05) is 11.6 Å². The third kappa shape index (κ3) is 2.60. The topological polar surface area (TPSA) is 73.2 Å². The summed E-state index contributed by atoms with van der Waals surface area (Å²) in [4.78, 5) is 27.1. The lowest BCUT2D eigenvalue weighted by Gasteiger charge is -2.19. The number of rotatable bonds is 2. The highest BCUT2D eigenvalue weighted by Gasteiger charge is 2.24. The lowest BCUT2D eigenvalue weighted by molar-refractivity contribution is -0.118. The number of halogens is 4. The molecule has 3 rings (SSSR count). The van der Waals surface area contributed by atoms with E-state index >= 15 is 0 Å². The molecule has 1 N–H and O–H groups in total. The fourth-order valence-electron chi connectivity index (χ4n) is 2.31. The summed E-state index contributed by atoms with van der Waals surface area (Å²) in [7, 11) is 0. The van der Waals surface area contributed by atoms with Gasteiger partial charge in [0.05, 0.1) is 11.4 Å². The lowest BCUT2D eigenvalue weighted by Crippen LogP contribution is -2.26. The summed E-state index contributed by atoms with van der Waals surface area (Å²) in [6.45, 7) is -2.21. The van der Waals surface area contributed by atoms with Crippen LogP contribution in [-0.4, -0.2) is 22.1 Å². The highest BCUT2D eigenvalue weighted by atomic mass is 35.5. The van der Waals surface area contributed by atoms with Crippen LogP contribution in [0.15, 0.2) is 16.9 Å². The first-order chi connectivity index (χ1) is 11.3. The number of aromatic nitrogens is 2. The van der Waals surface area contributed by atoms with Gasteiger partial charge in [0, 0.05) is 11.6 Å². The average molecular weight is 360 g/mol. The molecule has 6 nitrogen and oxygen atoms in total. The minimum atomic E-state index is -3.13. The van der Waals surface area contributed by atoms with Crippen molar-refractivity contribution in [2.75, 3.05) is 11.9 Å². The molecule has 0 saturated heterocycles. The van der Waals surface area contributed by atoms with E-state index in [9.17, 15) is 22.8 Å². The molecule has 0 radical (unpaired) electrons. The van der Waals surface area contributed by atoms with E-state index in [4.69, 9.17) is 16.3 Å². The maximum atomic E-state index is 14.3. The number of fused-ring (bicyclic) bond motifs is 1. The second-order valence-corrected chi connectivity index (χ2v) is 5.32. The molecule has 126 valence electrons. The molecule has 1 aromatic carbocycles. The normalized spacial score (nSPS) is 13.5. The number of hydrogen-bond acceptors (Lipinski definition) is 4. The fourth-order valence-corrected chi connectivity index (χ4v) is 2.55. The quantitative estimate of drug-likeness (QED) is 0.894. The Hall–Kier alpha value is -2.55. The van der Waals surface area contributed by atoms with Gasteiger partial charge in [-0.2, -0.15) is 8.78 Å². The van der Waals surface area contributed by atoms with Gasteiger partial charge >= 0.3 is 6.55 Å². The Morgan fingerprint density at radius 2 is 2.08 bits per heavy atom. The van der Waals surface area contributed by atoms with Crippen LogP contribution in [0, 0.1) is 12.7 Å². The largest absolute Gasteiger partial charge is 0.481 e. The Bertz CT molecular complexity index is 914. The number of carbonyl (C=O) groups excluding carboxylic acids is 1. The zero-order valence-corrected chi connectivity index (χ0v) is 12.8. The van der Waals surface area contributed by atoms with Crippen molar-refractivity contribution in [1.29, 1.82) is 0 Å². The van der Waals surface area contributed by atoms with Crippen molar-refractivity contribution in [3.8, 4) is 17.0 Å². The highest BCUT2D eigenvalue weighted by molar-refractivity contribution is 6.32. The van der Waals surface area contributed by atoms with E-state index in [1.807, 2.05) is 0 Å². The van der Waals surface area contributed by atoms with Crippen molar-refractivity contribution in [2.24, 2.45) is 0 Å². The number of nitrogens with one attached hydrogen (secondary N) is 1. The van der Waals surface area contributed by atoms with Crippen molar-refractivity contribution < 1.29 is 22.7 Å². The fraction of sp³-hybridized carbons (Fsp3) is 0.214. The monoisotopic (exact) mass is 359 g/mol. The summed E-state index contributed by atoms with van der Waals surface area (Å²) in [6.07, 6.45) is 0. The zero-order valence-electron chi connectivity index (χ0n) is 12.1. The molecule has 1 aliphatic rings. The Morgan fingerprint density at radius 3 is 2.75 bits per heavy atom. The van der Waals surface area contributed by atoms with Crippen molar-refractivity contribution in [3.63, 3.8) is 0 Å². The number of alkyl halides is 2. The van der Waals surface area contributed by atoms with Gasteiger partial charge < -0.3 is 10.1 Å². The molecule has 0 saturated carbocycles. The summed E-state index contributed by atoms with van der Waals surface area (Å²) in [5, 5.41) is 1.82. The van der Waals surface area contributed by atoms with Crippen molar-refractivity contribution in [1.82, 2.24) is 9.55 Å². The van der Waals surface area contributed by atoms with Crippen molar-refractivity contribution >= 4 is 23.2 Å². The maximum absolute atomic E-state index is 14.3. The third-order valence-corrected chi connectivity index (χ3v) is 3.73. The number of anilines is 1. The van der Waals surface area contributed by atoms with Crippen LogP contribution in [0.2, 0.25) is 5.02 Å². The number of nitrogens with zero attached hydrogens (tertiary/aromatic N) is 2. The predicted octanol–water partition coefficient (Wildman–Crippen LogP) is 2.74. The van der Waals surface area contributed by atoms with Gasteiger partial charge in [0.2, 0.25) is 0 Å². The molecule has 24 heavy (non-hydrogen) atoms. The second kappa shape index (κ2) is 5.82. The summed E-state index contributed by atoms with van der Waals surface area (Å²) in [5.41, 5.74) is -1.54. The second-order valence-electron chi connectivity index (χ2n) is 4.94. The lowest BCUT2D eigenvalue weighted by atomic mass is 10.1. The van der Waals surface area contributed by atoms with Crippen LogP contribution >= 0.6 is 11.6 Å². The summed E-state index contributed by atoms with van der Waals surface area (Å²) >= 11 is 5.82. The van der Waals surface area contributed by atoms with Gasteiger partial charge in [0.25, 0.3) is 11.5 Å². The van der Waals surface area contributed by atoms with Gasteiger partial charge in [-0.05, 0) is 13.0 Å². The number of hydrogen-bond donors (Lipinski definition) is 1. The molecule has 0 spiro atoms. The number of benzene rings is 1. The number of carbonyl (C=O) groups is 1. The molecule has 0 aliphatic carbocycles. The zero-order chi connectivity index (χ0) is 17.6. The van der Waals surface area contributed by atoms with Gasteiger partial charge in [-0.15, -0.1) is 0 Å². The van der Waals surface area contributed by atoms with Crippen LogP contribution in [0.4, 0.5) is 18.9 Å². The Morgan fingerprint density at radius 1 is 1.38 bits per heavy atom. The standard InChI is InChI=1S/C14H9ClF3N3O3/c1-5-19-12(11(15)13(23)21(5)14(17)18)6-2-8-9(3-7(6)16)24-4-10(22)20-8/h2-3,14H,4H2,1H3,(H,20,22). The molecule has 1 aliphatic heterocycles. The molecular formula is C14H9ClF3N3O3. The van der Waals surface area contributed by atoms with Gasteiger partial charge in [0.1, 0.15) is 22.4 Å². The summed E-state index contributed by atoms with van der Waals surface area (Å²) < 4.78 is 45.2. The van der Waals surface area contributed by atoms with Crippen molar-refractivity contribution in [2.45, 2.75) is 13.5 Å². The predicted molar refractivity (Wildman–Crippen MR) is 79.0 cm³/mol. The summed E-state index contributed by atoms with van der Waals surface area (Å²) in [5.74, 6) is -1.49. The van der Waals surface area contributed by atoms with Crippen LogP contribution in [-0.2, 0) is 4.79 Å². The van der Waals surface area contributed by atoms with Crippen molar-refractivity contribution in [3.05, 3.63) is 39.2 Å². The highest BCUT2D eigenvalue weighted by Crippen LogP contribution is 2.36. The van der Waals surface area contributed by atoms with E-state index in [-0.39, 0.29) is 39.7 Å². The first-order valence-corrected chi connectivity index (χ1v) is 7.00. The smallest absolute Gasteiger partial charge is 0.322 e. The van der Waals surface area contributed by atoms with Crippen LogP contribution in [0.1, 0.15) is 12.4 Å². The van der Waals surface area contributed by atoms with Gasteiger partial charge in [-0.3, -0.25) is 9.59 Å². The van der Waals surface area contributed by atoms with E-state index in [0.29, 0.717) is 0 Å². The molecule has 0 bridgehead atoms. The number of ether oxygens (including phenoxy) is 1. The Balaban J connectivity index is 2.22. The molecule has 1 aromatic heterocycles. The SMILES string of the molecule is Cc1nc(-c2cc3c(cc2F)OCC(=O)N3)c(Cl)c(=O)n1C(F)F.